The maximum absolute atomic E-state index is 12.9. The molecule has 1 fully saturated rings. The standard InChI is InChI=1S/C17H27N3O7S2/c1-13(2)27-16-6-5-14(29(24,25)20-7-9-26-10-8-20)11-15(16)18-17(21)12-19(3)28(4,22)23/h5-6,11,13H,7-10,12H2,1-4H3,(H,18,21). The summed E-state index contributed by atoms with van der Waals surface area (Å²) in [6.45, 7) is 4.29. The maximum atomic E-state index is 12.9. The van der Waals surface area contributed by atoms with E-state index < -0.39 is 32.5 Å². The first-order valence-electron chi connectivity index (χ1n) is 9.01. The maximum Gasteiger partial charge on any atom is 0.243 e. The number of nitrogens with zero attached hydrogens (tertiary/aromatic N) is 2. The molecule has 2 rings (SSSR count). The van der Waals surface area contributed by atoms with Crippen LogP contribution >= 0.6 is 0 Å². The lowest BCUT2D eigenvalue weighted by atomic mass is 10.2. The van der Waals surface area contributed by atoms with E-state index in [0.29, 0.717) is 13.2 Å². The third-order valence-electron chi connectivity index (χ3n) is 4.13. The van der Waals surface area contributed by atoms with Gasteiger partial charge < -0.3 is 14.8 Å². The highest BCUT2D eigenvalue weighted by Gasteiger charge is 2.27. The van der Waals surface area contributed by atoms with Crippen LogP contribution in [0.3, 0.4) is 0 Å². The number of amides is 1. The van der Waals surface area contributed by atoms with Crippen LogP contribution in [0.2, 0.25) is 0 Å². The summed E-state index contributed by atoms with van der Waals surface area (Å²) in [5, 5.41) is 2.56. The van der Waals surface area contributed by atoms with Gasteiger partial charge in [0.15, 0.2) is 0 Å². The molecule has 1 aromatic rings. The Morgan fingerprint density at radius 3 is 2.41 bits per heavy atom. The first-order valence-corrected chi connectivity index (χ1v) is 12.3. The summed E-state index contributed by atoms with van der Waals surface area (Å²) in [6, 6.07) is 4.21. The van der Waals surface area contributed by atoms with Crippen molar-refractivity contribution in [3.05, 3.63) is 18.2 Å². The first kappa shape index (κ1) is 23.5. The number of morpholine rings is 1. The Hall–Kier alpha value is -1.73. The molecular formula is C17H27N3O7S2. The van der Waals surface area contributed by atoms with Gasteiger partial charge in [0, 0.05) is 20.1 Å². The second-order valence-corrected chi connectivity index (χ2v) is 10.9. The second-order valence-electron chi connectivity index (χ2n) is 6.91. The zero-order valence-corrected chi connectivity index (χ0v) is 18.5. The fourth-order valence-corrected chi connectivity index (χ4v) is 4.36. The predicted molar refractivity (Wildman–Crippen MR) is 108 cm³/mol. The van der Waals surface area contributed by atoms with E-state index in [1.54, 1.807) is 13.8 Å². The van der Waals surface area contributed by atoms with Gasteiger partial charge in [-0.1, -0.05) is 0 Å². The van der Waals surface area contributed by atoms with Gasteiger partial charge in [0.25, 0.3) is 0 Å². The topological polar surface area (TPSA) is 122 Å². The van der Waals surface area contributed by atoms with Crippen LogP contribution in [0.15, 0.2) is 23.1 Å². The monoisotopic (exact) mass is 449 g/mol. The van der Waals surface area contributed by atoms with Crippen LogP contribution in [-0.4, -0.2) is 83.6 Å². The SMILES string of the molecule is CC(C)Oc1ccc(S(=O)(=O)N2CCOCC2)cc1NC(=O)CN(C)S(C)(=O)=O. The summed E-state index contributed by atoms with van der Waals surface area (Å²) in [5.41, 5.74) is 0.153. The van der Waals surface area contributed by atoms with Crippen LogP contribution in [0.25, 0.3) is 0 Å². The molecule has 164 valence electrons. The molecule has 0 unspecified atom stereocenters. The van der Waals surface area contributed by atoms with E-state index in [-0.39, 0.29) is 35.5 Å². The van der Waals surface area contributed by atoms with Crippen molar-refractivity contribution in [3.63, 3.8) is 0 Å². The molecule has 1 heterocycles. The minimum absolute atomic E-state index is 0.00211. The van der Waals surface area contributed by atoms with Gasteiger partial charge in [-0.05, 0) is 32.0 Å². The Kier molecular flexibility index (Phi) is 7.62. The Labute approximate surface area is 171 Å². The minimum Gasteiger partial charge on any atom is -0.489 e. The lowest BCUT2D eigenvalue weighted by Crippen LogP contribution is -2.40. The zero-order chi connectivity index (χ0) is 21.8. The quantitative estimate of drug-likeness (QED) is 0.607. The molecule has 10 nitrogen and oxygen atoms in total. The molecule has 0 saturated carbocycles. The molecule has 1 aliphatic rings. The van der Waals surface area contributed by atoms with Gasteiger partial charge >= 0.3 is 0 Å². The van der Waals surface area contributed by atoms with E-state index in [4.69, 9.17) is 9.47 Å². The summed E-state index contributed by atoms with van der Waals surface area (Å²) in [6.07, 6.45) is 0.773. The Morgan fingerprint density at radius 1 is 1.24 bits per heavy atom. The van der Waals surface area contributed by atoms with Gasteiger partial charge in [0.2, 0.25) is 26.0 Å². The normalized spacial score (nSPS) is 16.2. The van der Waals surface area contributed by atoms with E-state index in [1.165, 1.54) is 29.6 Å². The van der Waals surface area contributed by atoms with E-state index in [9.17, 15) is 21.6 Å². The molecule has 12 heteroatoms. The van der Waals surface area contributed by atoms with Crippen LogP contribution in [-0.2, 0) is 29.6 Å². The molecule has 0 atom stereocenters. The number of carbonyl (C=O) groups excluding carboxylic acids is 1. The molecule has 0 spiro atoms. The van der Waals surface area contributed by atoms with Crippen molar-refractivity contribution in [1.82, 2.24) is 8.61 Å². The van der Waals surface area contributed by atoms with Crippen molar-refractivity contribution in [2.45, 2.75) is 24.8 Å². The van der Waals surface area contributed by atoms with Crippen molar-refractivity contribution in [2.75, 3.05) is 51.5 Å². The molecule has 0 aliphatic carbocycles. The molecular weight excluding hydrogens is 422 g/mol. The molecule has 1 saturated heterocycles. The van der Waals surface area contributed by atoms with Gasteiger partial charge in [0.05, 0.1) is 42.7 Å². The highest BCUT2D eigenvalue weighted by molar-refractivity contribution is 7.89. The Bertz CT molecular complexity index is 940. The van der Waals surface area contributed by atoms with Crippen LogP contribution < -0.4 is 10.1 Å². The fourth-order valence-electron chi connectivity index (χ4n) is 2.57. The Balaban J connectivity index is 2.32. The van der Waals surface area contributed by atoms with Gasteiger partial charge in [-0.3, -0.25) is 4.79 Å². The number of benzene rings is 1. The lowest BCUT2D eigenvalue weighted by molar-refractivity contribution is -0.116. The van der Waals surface area contributed by atoms with Gasteiger partial charge in [0.1, 0.15) is 5.75 Å². The number of nitrogens with one attached hydrogen (secondary N) is 1. The summed E-state index contributed by atoms with van der Waals surface area (Å²) in [4.78, 5) is 12.3. The number of hydrogen-bond donors (Lipinski definition) is 1. The van der Waals surface area contributed by atoms with E-state index in [2.05, 4.69) is 5.32 Å². The number of likely N-dealkylation sites (N-methyl/N-ethyl adjacent to an activating group) is 1. The van der Waals surface area contributed by atoms with E-state index in [0.717, 1.165) is 10.6 Å². The van der Waals surface area contributed by atoms with Crippen LogP contribution in [0.4, 0.5) is 5.69 Å². The third-order valence-corrected chi connectivity index (χ3v) is 7.28. The number of rotatable bonds is 8. The number of anilines is 1. The number of sulfonamides is 2. The number of ether oxygens (including phenoxy) is 2. The van der Waals surface area contributed by atoms with Crippen molar-refractivity contribution in [3.8, 4) is 5.75 Å². The van der Waals surface area contributed by atoms with Crippen molar-refractivity contribution < 1.29 is 31.1 Å². The van der Waals surface area contributed by atoms with Crippen LogP contribution in [0.5, 0.6) is 5.75 Å². The first-order chi connectivity index (χ1) is 13.4. The summed E-state index contributed by atoms with van der Waals surface area (Å²) in [7, 11) is -6.03. The van der Waals surface area contributed by atoms with Gasteiger partial charge in [-0.15, -0.1) is 0 Å². The van der Waals surface area contributed by atoms with Crippen molar-refractivity contribution in [1.29, 1.82) is 0 Å². The highest BCUT2D eigenvalue weighted by Crippen LogP contribution is 2.30. The molecule has 1 aliphatic heterocycles. The number of hydrogen-bond acceptors (Lipinski definition) is 7. The molecule has 0 bridgehead atoms. The molecule has 0 aromatic heterocycles. The summed E-state index contributed by atoms with van der Waals surface area (Å²) < 4.78 is 61.9. The van der Waals surface area contributed by atoms with E-state index >= 15 is 0 Å². The third kappa shape index (κ3) is 6.37. The lowest BCUT2D eigenvalue weighted by Gasteiger charge is -2.26. The smallest absolute Gasteiger partial charge is 0.243 e. The van der Waals surface area contributed by atoms with Crippen LogP contribution in [0.1, 0.15) is 13.8 Å². The minimum atomic E-state index is -3.77. The largest absolute Gasteiger partial charge is 0.489 e. The van der Waals surface area contributed by atoms with E-state index in [1.807, 2.05) is 0 Å². The molecule has 1 aromatic carbocycles. The molecule has 1 N–H and O–H groups in total. The fraction of sp³-hybridized carbons (Fsp3) is 0.588. The van der Waals surface area contributed by atoms with Crippen molar-refractivity contribution >= 4 is 31.6 Å². The highest BCUT2D eigenvalue weighted by atomic mass is 32.2. The molecule has 0 radical (unpaired) electrons. The summed E-state index contributed by atoms with van der Waals surface area (Å²) in [5.74, 6) is -0.330. The second kappa shape index (κ2) is 9.39. The molecule has 1 amide bonds. The Morgan fingerprint density at radius 2 is 1.86 bits per heavy atom. The molecule has 29 heavy (non-hydrogen) atoms. The average Bonchev–Trinajstić information content (AvgIpc) is 2.62. The predicted octanol–water partition coefficient (Wildman–Crippen LogP) is 0.325. The average molecular weight is 450 g/mol. The zero-order valence-electron chi connectivity index (χ0n) is 16.9. The van der Waals surface area contributed by atoms with Gasteiger partial charge in [-0.25, -0.2) is 16.8 Å². The van der Waals surface area contributed by atoms with Gasteiger partial charge in [-0.2, -0.15) is 8.61 Å². The van der Waals surface area contributed by atoms with Crippen molar-refractivity contribution in [2.24, 2.45) is 0 Å². The number of carbonyl (C=O) groups is 1. The summed E-state index contributed by atoms with van der Waals surface area (Å²) >= 11 is 0. The van der Waals surface area contributed by atoms with Crippen LogP contribution in [0, 0.1) is 0 Å².